The molecule has 1 aliphatic heterocycles. The Morgan fingerprint density at radius 3 is 2.47 bits per heavy atom. The van der Waals surface area contributed by atoms with Crippen molar-refractivity contribution in [2.45, 2.75) is 33.2 Å². The van der Waals surface area contributed by atoms with Crippen molar-refractivity contribution in [3.63, 3.8) is 0 Å². The minimum atomic E-state index is 0.0260. The Bertz CT molecular complexity index is 1370. The fourth-order valence-electron chi connectivity index (χ4n) is 4.79. The summed E-state index contributed by atoms with van der Waals surface area (Å²) in [6.45, 7) is 6.41. The molecule has 0 saturated carbocycles. The Morgan fingerprint density at radius 1 is 1.03 bits per heavy atom. The van der Waals surface area contributed by atoms with Gasteiger partial charge in [0, 0.05) is 63.3 Å². The molecule has 2 aromatic carbocycles. The normalized spacial score (nSPS) is 14.3. The van der Waals surface area contributed by atoms with Crippen molar-refractivity contribution < 1.29 is 4.79 Å². The topological polar surface area (TPSA) is 65.8 Å². The minimum absolute atomic E-state index is 0.0260. The summed E-state index contributed by atoms with van der Waals surface area (Å²) >= 11 is 0. The van der Waals surface area contributed by atoms with Crippen molar-refractivity contribution in [1.29, 1.82) is 0 Å². The van der Waals surface area contributed by atoms with Crippen molar-refractivity contribution in [3.8, 4) is 11.3 Å². The second-order valence-corrected chi connectivity index (χ2v) is 9.95. The number of hydrogen-bond donors (Lipinski definition) is 1. The number of fused-ring (bicyclic) bond motifs is 1. The molecule has 0 spiro atoms. The average molecular weight is 483 g/mol. The first-order chi connectivity index (χ1) is 17.4. The number of nitrogens with one attached hydrogen (secondary N) is 1. The van der Waals surface area contributed by atoms with E-state index in [1.807, 2.05) is 24.8 Å². The largest absolute Gasteiger partial charge is 0.378 e. The van der Waals surface area contributed by atoms with Gasteiger partial charge in [-0.2, -0.15) is 5.10 Å². The number of piperidine rings is 1. The van der Waals surface area contributed by atoms with Crippen LogP contribution in [0.15, 0.2) is 60.9 Å². The summed E-state index contributed by atoms with van der Waals surface area (Å²) in [5.41, 5.74) is 7.85. The van der Waals surface area contributed by atoms with Gasteiger partial charge in [-0.05, 0) is 67.6 Å². The molecule has 186 valence electrons. The highest BCUT2D eigenvalue weighted by Gasteiger charge is 2.26. The number of amides is 1. The van der Waals surface area contributed by atoms with Crippen molar-refractivity contribution >= 4 is 22.9 Å². The van der Waals surface area contributed by atoms with E-state index < -0.39 is 0 Å². The quantitative estimate of drug-likeness (QED) is 0.435. The monoisotopic (exact) mass is 482 g/mol. The first-order valence-corrected chi connectivity index (χ1v) is 12.6. The molecule has 1 amide bonds. The summed E-state index contributed by atoms with van der Waals surface area (Å²) in [6.07, 6.45) is 5.33. The van der Waals surface area contributed by atoms with Crippen LogP contribution in [0.3, 0.4) is 0 Å². The van der Waals surface area contributed by atoms with Crippen LogP contribution in [0.5, 0.6) is 0 Å². The zero-order valence-corrected chi connectivity index (χ0v) is 21.5. The van der Waals surface area contributed by atoms with Gasteiger partial charge in [0.2, 0.25) is 5.91 Å². The lowest BCUT2D eigenvalue weighted by Gasteiger charge is -2.32. The molecule has 0 atom stereocenters. The molecule has 5 rings (SSSR count). The first kappa shape index (κ1) is 23.9. The molecule has 0 unspecified atom stereocenters. The SMILES string of the molecule is Cc1ccc(-c2cc3c(N4CCC(C(=O)NCc5ccc(N(C)C)cc5)CC4)nccn3n2)cc1C. The number of rotatable bonds is 6. The maximum Gasteiger partial charge on any atom is 0.223 e. The van der Waals surface area contributed by atoms with Gasteiger partial charge in [0.15, 0.2) is 5.82 Å². The third kappa shape index (κ3) is 4.91. The van der Waals surface area contributed by atoms with Gasteiger partial charge in [-0.3, -0.25) is 4.79 Å². The molecule has 1 aliphatic rings. The third-order valence-corrected chi connectivity index (χ3v) is 7.26. The Balaban J connectivity index is 1.23. The van der Waals surface area contributed by atoms with Gasteiger partial charge >= 0.3 is 0 Å². The second-order valence-electron chi connectivity index (χ2n) is 9.95. The van der Waals surface area contributed by atoms with Crippen LogP contribution in [0.25, 0.3) is 16.8 Å². The molecule has 0 radical (unpaired) electrons. The van der Waals surface area contributed by atoms with Crippen LogP contribution in [0.4, 0.5) is 11.5 Å². The van der Waals surface area contributed by atoms with E-state index in [1.165, 1.54) is 11.1 Å². The zero-order chi connectivity index (χ0) is 25.2. The van der Waals surface area contributed by atoms with Crippen molar-refractivity contribution in [3.05, 3.63) is 77.6 Å². The molecular weight excluding hydrogens is 448 g/mol. The van der Waals surface area contributed by atoms with E-state index in [9.17, 15) is 4.79 Å². The van der Waals surface area contributed by atoms with E-state index in [-0.39, 0.29) is 11.8 Å². The lowest BCUT2D eigenvalue weighted by atomic mass is 9.95. The van der Waals surface area contributed by atoms with Gasteiger partial charge in [-0.25, -0.2) is 9.50 Å². The summed E-state index contributed by atoms with van der Waals surface area (Å²) < 4.78 is 1.91. The fourth-order valence-corrected chi connectivity index (χ4v) is 4.79. The molecule has 7 heteroatoms. The lowest BCUT2D eigenvalue weighted by molar-refractivity contribution is -0.125. The number of carbonyl (C=O) groups is 1. The Hall–Kier alpha value is -3.87. The molecule has 1 fully saturated rings. The molecule has 2 aromatic heterocycles. The van der Waals surface area contributed by atoms with Gasteiger partial charge in [0.1, 0.15) is 5.52 Å². The Morgan fingerprint density at radius 2 is 1.78 bits per heavy atom. The number of carbonyl (C=O) groups excluding carboxylic acids is 1. The maximum absolute atomic E-state index is 12.8. The molecule has 0 aliphatic carbocycles. The first-order valence-electron chi connectivity index (χ1n) is 12.6. The Labute approximate surface area is 212 Å². The molecule has 1 saturated heterocycles. The minimum Gasteiger partial charge on any atom is -0.378 e. The van der Waals surface area contributed by atoms with Crippen molar-refractivity contribution in [2.24, 2.45) is 5.92 Å². The van der Waals surface area contributed by atoms with Gasteiger partial charge < -0.3 is 15.1 Å². The van der Waals surface area contributed by atoms with E-state index in [0.29, 0.717) is 6.54 Å². The molecular formula is C29H34N6O. The lowest BCUT2D eigenvalue weighted by Crippen LogP contribution is -2.40. The van der Waals surface area contributed by atoms with Gasteiger partial charge in [-0.15, -0.1) is 0 Å². The highest BCUT2D eigenvalue weighted by molar-refractivity contribution is 5.80. The highest BCUT2D eigenvalue weighted by atomic mass is 16.1. The van der Waals surface area contributed by atoms with Gasteiger partial charge in [-0.1, -0.05) is 24.3 Å². The molecule has 4 aromatic rings. The zero-order valence-electron chi connectivity index (χ0n) is 21.5. The summed E-state index contributed by atoms with van der Waals surface area (Å²) in [5.74, 6) is 1.09. The van der Waals surface area contributed by atoms with Crippen molar-refractivity contribution in [2.75, 3.05) is 37.0 Å². The van der Waals surface area contributed by atoms with E-state index in [4.69, 9.17) is 10.1 Å². The van der Waals surface area contributed by atoms with Crippen LogP contribution < -0.4 is 15.1 Å². The summed E-state index contributed by atoms with van der Waals surface area (Å²) in [6, 6.07) is 16.9. The fraction of sp³-hybridized carbons (Fsp3) is 0.345. The van der Waals surface area contributed by atoms with E-state index in [0.717, 1.165) is 59.8 Å². The van der Waals surface area contributed by atoms with E-state index in [1.54, 1.807) is 6.20 Å². The molecule has 1 N–H and O–H groups in total. The molecule has 0 bridgehead atoms. The highest BCUT2D eigenvalue weighted by Crippen LogP contribution is 2.29. The third-order valence-electron chi connectivity index (χ3n) is 7.26. The summed E-state index contributed by atoms with van der Waals surface area (Å²) in [4.78, 5) is 21.9. The Kier molecular flexibility index (Phi) is 6.63. The number of benzene rings is 2. The van der Waals surface area contributed by atoms with Crippen LogP contribution in [-0.4, -0.2) is 47.7 Å². The van der Waals surface area contributed by atoms with Crippen LogP contribution in [-0.2, 0) is 11.3 Å². The maximum atomic E-state index is 12.8. The summed E-state index contributed by atoms with van der Waals surface area (Å²) in [7, 11) is 4.05. The molecule has 3 heterocycles. The van der Waals surface area contributed by atoms with Gasteiger partial charge in [0.25, 0.3) is 0 Å². The van der Waals surface area contributed by atoms with Crippen molar-refractivity contribution in [1.82, 2.24) is 19.9 Å². The average Bonchev–Trinajstić information content (AvgIpc) is 3.34. The predicted octanol–water partition coefficient (Wildman–Crippen LogP) is 4.61. The van der Waals surface area contributed by atoms with Crippen LogP contribution >= 0.6 is 0 Å². The number of aryl methyl sites for hydroxylation is 2. The van der Waals surface area contributed by atoms with E-state index >= 15 is 0 Å². The number of hydrogen-bond acceptors (Lipinski definition) is 5. The van der Waals surface area contributed by atoms with Crippen LogP contribution in [0.2, 0.25) is 0 Å². The number of anilines is 2. The van der Waals surface area contributed by atoms with Crippen LogP contribution in [0.1, 0.15) is 29.5 Å². The number of nitrogens with zero attached hydrogens (tertiary/aromatic N) is 5. The van der Waals surface area contributed by atoms with Gasteiger partial charge in [0.05, 0.1) is 5.69 Å². The van der Waals surface area contributed by atoms with E-state index in [2.05, 4.69) is 77.5 Å². The summed E-state index contributed by atoms with van der Waals surface area (Å²) in [5, 5.41) is 7.93. The number of aromatic nitrogens is 3. The molecule has 36 heavy (non-hydrogen) atoms. The smallest absolute Gasteiger partial charge is 0.223 e. The van der Waals surface area contributed by atoms with Crippen LogP contribution in [0, 0.1) is 19.8 Å². The standard InChI is InChI=1S/C29H34N6O/c1-20-5-8-24(17-21(20)2)26-18-27-28(30-13-16-35(27)32-26)34-14-11-23(12-15-34)29(36)31-19-22-6-9-25(10-7-22)33(3)4/h5-10,13,16-18,23H,11-12,14-15,19H2,1-4H3,(H,31,36). The molecule has 7 nitrogen and oxygen atoms in total. The predicted molar refractivity (Wildman–Crippen MR) is 145 cm³/mol. The second kappa shape index (κ2) is 10.0.